The minimum absolute atomic E-state index is 0.0785. The summed E-state index contributed by atoms with van der Waals surface area (Å²) in [5.74, 6) is -0.432. The zero-order valence-electron chi connectivity index (χ0n) is 14.1. The number of carbonyl (C=O) groups excluding carboxylic acids is 2. The fraction of sp³-hybridized carbons (Fsp3) is 0.222. The Morgan fingerprint density at radius 1 is 1.28 bits per heavy atom. The van der Waals surface area contributed by atoms with E-state index in [1.807, 2.05) is 13.8 Å². The molecule has 0 bridgehead atoms. The van der Waals surface area contributed by atoms with Gasteiger partial charge in [-0.05, 0) is 38.5 Å². The van der Waals surface area contributed by atoms with Gasteiger partial charge >= 0.3 is 0 Å². The van der Waals surface area contributed by atoms with Gasteiger partial charge in [0.05, 0.1) is 11.7 Å². The lowest BCUT2D eigenvalue weighted by Gasteiger charge is -2.08. The van der Waals surface area contributed by atoms with E-state index in [1.54, 1.807) is 24.3 Å². The fourth-order valence-corrected chi connectivity index (χ4v) is 3.54. The van der Waals surface area contributed by atoms with Crippen LogP contribution in [0.2, 0.25) is 0 Å². The van der Waals surface area contributed by atoms with Crippen LogP contribution >= 0.6 is 11.3 Å². The van der Waals surface area contributed by atoms with E-state index in [0.29, 0.717) is 21.5 Å². The molecule has 0 fully saturated rings. The molecular weight excluding hydrogens is 338 g/mol. The maximum absolute atomic E-state index is 12.6. The molecule has 6 nitrogen and oxygen atoms in total. The van der Waals surface area contributed by atoms with E-state index < -0.39 is 0 Å². The summed E-state index contributed by atoms with van der Waals surface area (Å²) in [6, 6.07) is 6.68. The number of carbonyl (C=O) groups is 2. The van der Waals surface area contributed by atoms with E-state index >= 15 is 0 Å². The number of hydrogen-bond acceptors (Lipinski definition) is 5. The third kappa shape index (κ3) is 3.36. The fourth-order valence-electron chi connectivity index (χ4n) is 2.55. The maximum atomic E-state index is 12.6. The van der Waals surface area contributed by atoms with Crippen LogP contribution in [0.3, 0.4) is 0 Å². The number of nitrogens with zero attached hydrogens (tertiary/aromatic N) is 2. The number of anilines is 1. The lowest BCUT2D eigenvalue weighted by molar-refractivity contribution is -0.116. The molecule has 0 saturated carbocycles. The predicted octanol–water partition coefficient (Wildman–Crippen LogP) is 2.92. The van der Waals surface area contributed by atoms with Crippen LogP contribution in [-0.4, -0.2) is 21.2 Å². The molecule has 0 aliphatic carbocycles. The van der Waals surface area contributed by atoms with Crippen LogP contribution < -0.4 is 10.9 Å². The Labute approximate surface area is 148 Å². The molecule has 25 heavy (non-hydrogen) atoms. The van der Waals surface area contributed by atoms with Crippen molar-refractivity contribution in [3.8, 4) is 0 Å². The number of hydrogen-bond donors (Lipinski definition) is 1. The van der Waals surface area contributed by atoms with Gasteiger partial charge in [-0.3, -0.25) is 19.0 Å². The van der Waals surface area contributed by atoms with Crippen molar-refractivity contribution >= 4 is 38.9 Å². The quantitative estimate of drug-likeness (QED) is 0.730. The summed E-state index contributed by atoms with van der Waals surface area (Å²) in [5, 5.41) is 3.27. The second kappa shape index (κ2) is 6.60. The molecule has 0 spiro atoms. The van der Waals surface area contributed by atoms with Crippen molar-refractivity contribution < 1.29 is 9.59 Å². The zero-order chi connectivity index (χ0) is 18.1. The van der Waals surface area contributed by atoms with E-state index in [-0.39, 0.29) is 23.8 Å². The van der Waals surface area contributed by atoms with Crippen LogP contribution in [0.1, 0.15) is 27.7 Å². The summed E-state index contributed by atoms with van der Waals surface area (Å²) >= 11 is 1.47. The third-order valence-electron chi connectivity index (χ3n) is 4.02. The number of benzene rings is 1. The predicted molar refractivity (Wildman–Crippen MR) is 98.4 cm³/mol. The standard InChI is InChI=1S/C18H17N3O3S/c1-10-12(3)25-17-16(10)18(24)21(9-19-17)8-15(23)20-14-6-4-5-13(7-14)11(2)22/h4-7,9H,8H2,1-3H3,(H,20,23). The smallest absolute Gasteiger partial charge is 0.262 e. The molecule has 2 heterocycles. The van der Waals surface area contributed by atoms with Crippen LogP contribution in [0, 0.1) is 13.8 Å². The van der Waals surface area contributed by atoms with E-state index in [2.05, 4.69) is 10.3 Å². The highest BCUT2D eigenvalue weighted by molar-refractivity contribution is 7.18. The summed E-state index contributed by atoms with van der Waals surface area (Å²) in [7, 11) is 0. The van der Waals surface area contributed by atoms with Crippen LogP contribution in [0.15, 0.2) is 35.4 Å². The Hall–Kier alpha value is -2.80. The Balaban J connectivity index is 1.84. The minimum Gasteiger partial charge on any atom is -0.325 e. The van der Waals surface area contributed by atoms with Crippen LogP contribution in [-0.2, 0) is 11.3 Å². The molecule has 0 unspecified atom stereocenters. The Kier molecular flexibility index (Phi) is 4.50. The van der Waals surface area contributed by atoms with E-state index in [0.717, 1.165) is 10.4 Å². The van der Waals surface area contributed by atoms with E-state index in [1.165, 1.54) is 29.2 Å². The van der Waals surface area contributed by atoms with Gasteiger partial charge in [-0.1, -0.05) is 12.1 Å². The molecule has 1 N–H and O–H groups in total. The van der Waals surface area contributed by atoms with Crippen molar-refractivity contribution in [2.45, 2.75) is 27.3 Å². The lowest BCUT2D eigenvalue weighted by Crippen LogP contribution is -2.27. The second-order valence-electron chi connectivity index (χ2n) is 5.83. The SMILES string of the molecule is CC(=O)c1cccc(NC(=O)Cn2cnc3sc(C)c(C)c3c2=O)c1. The summed E-state index contributed by atoms with van der Waals surface area (Å²) in [5.41, 5.74) is 1.71. The molecule has 0 aliphatic heterocycles. The number of amides is 1. The lowest BCUT2D eigenvalue weighted by atomic mass is 10.1. The molecule has 3 rings (SSSR count). The molecule has 0 aliphatic rings. The number of Topliss-reactive ketones (excluding diaryl/α,β-unsaturated/α-hetero) is 1. The molecule has 2 aromatic heterocycles. The molecule has 3 aromatic rings. The van der Waals surface area contributed by atoms with E-state index in [9.17, 15) is 14.4 Å². The van der Waals surface area contributed by atoms with Crippen molar-refractivity contribution in [1.82, 2.24) is 9.55 Å². The van der Waals surface area contributed by atoms with E-state index in [4.69, 9.17) is 0 Å². The van der Waals surface area contributed by atoms with Crippen molar-refractivity contribution in [3.63, 3.8) is 0 Å². The number of nitrogens with one attached hydrogen (secondary N) is 1. The number of aromatic nitrogens is 2. The summed E-state index contributed by atoms with van der Waals surface area (Å²) in [6.07, 6.45) is 1.39. The highest BCUT2D eigenvalue weighted by Gasteiger charge is 2.14. The van der Waals surface area contributed by atoms with Crippen molar-refractivity contribution in [3.05, 3.63) is 57.0 Å². The molecule has 1 amide bonds. The largest absolute Gasteiger partial charge is 0.325 e. The maximum Gasteiger partial charge on any atom is 0.262 e. The second-order valence-corrected chi connectivity index (χ2v) is 7.03. The van der Waals surface area contributed by atoms with Gasteiger partial charge in [-0.15, -0.1) is 11.3 Å². The molecule has 7 heteroatoms. The third-order valence-corrected chi connectivity index (χ3v) is 5.14. The van der Waals surface area contributed by atoms with Crippen molar-refractivity contribution in [2.24, 2.45) is 0 Å². The van der Waals surface area contributed by atoms with Gasteiger partial charge in [0.1, 0.15) is 11.4 Å². The number of thiophene rings is 1. The topological polar surface area (TPSA) is 81.1 Å². The van der Waals surface area contributed by atoms with Crippen LogP contribution in [0.4, 0.5) is 5.69 Å². The van der Waals surface area contributed by atoms with Crippen molar-refractivity contribution in [2.75, 3.05) is 5.32 Å². The first-order valence-electron chi connectivity index (χ1n) is 7.73. The highest BCUT2D eigenvalue weighted by Crippen LogP contribution is 2.25. The van der Waals surface area contributed by atoms with Crippen LogP contribution in [0.5, 0.6) is 0 Å². The van der Waals surface area contributed by atoms with Gasteiger partial charge in [-0.2, -0.15) is 0 Å². The van der Waals surface area contributed by atoms with Gasteiger partial charge in [0.25, 0.3) is 5.56 Å². The van der Waals surface area contributed by atoms with Crippen molar-refractivity contribution in [1.29, 1.82) is 0 Å². The summed E-state index contributed by atoms with van der Waals surface area (Å²) in [4.78, 5) is 42.3. The molecule has 0 atom stereocenters. The summed E-state index contributed by atoms with van der Waals surface area (Å²) in [6.45, 7) is 5.15. The minimum atomic E-state index is -0.353. The average Bonchev–Trinajstić information content (AvgIpc) is 2.85. The van der Waals surface area contributed by atoms with Gasteiger partial charge in [0, 0.05) is 16.1 Å². The van der Waals surface area contributed by atoms with Crippen LogP contribution in [0.25, 0.3) is 10.2 Å². The normalized spacial score (nSPS) is 10.8. The van der Waals surface area contributed by atoms with Gasteiger partial charge < -0.3 is 5.32 Å². The zero-order valence-corrected chi connectivity index (χ0v) is 14.9. The Morgan fingerprint density at radius 3 is 2.76 bits per heavy atom. The Morgan fingerprint density at radius 2 is 2.04 bits per heavy atom. The number of fused-ring (bicyclic) bond motifs is 1. The first-order valence-corrected chi connectivity index (χ1v) is 8.54. The van der Waals surface area contributed by atoms with Gasteiger partial charge in [0.2, 0.25) is 5.91 Å². The molecule has 0 saturated heterocycles. The molecule has 1 aromatic carbocycles. The first kappa shape index (κ1) is 17.0. The number of aryl methyl sites for hydroxylation is 2. The monoisotopic (exact) mass is 355 g/mol. The first-order chi connectivity index (χ1) is 11.9. The number of ketones is 1. The molecule has 128 valence electrons. The van der Waals surface area contributed by atoms with Gasteiger partial charge in [-0.25, -0.2) is 4.98 Å². The average molecular weight is 355 g/mol. The molecule has 0 radical (unpaired) electrons. The Bertz CT molecular complexity index is 1050. The molecular formula is C18H17N3O3S. The summed E-state index contributed by atoms with van der Waals surface area (Å²) < 4.78 is 1.30. The van der Waals surface area contributed by atoms with Gasteiger partial charge in [0.15, 0.2) is 5.78 Å². The highest BCUT2D eigenvalue weighted by atomic mass is 32.1. The number of rotatable bonds is 4.